The largest absolute Gasteiger partial charge is 0.388 e. The standard InChI is InChI=1S/C15H20N4/c1-3-19(11-13-4-7-17-8-5-13)12-15-10-14(16-2)6-9-18-15/h4-10H,3,11-12H2,1-2H3,(H,16,18). The van der Waals surface area contributed by atoms with Crippen LogP contribution in [-0.4, -0.2) is 28.5 Å². The van der Waals surface area contributed by atoms with Crippen molar-refractivity contribution in [3.63, 3.8) is 0 Å². The molecule has 0 atom stereocenters. The fourth-order valence-corrected chi connectivity index (χ4v) is 1.98. The number of aromatic nitrogens is 2. The lowest BCUT2D eigenvalue weighted by molar-refractivity contribution is 0.268. The Balaban J connectivity index is 2.02. The van der Waals surface area contributed by atoms with Crippen molar-refractivity contribution in [1.29, 1.82) is 0 Å². The van der Waals surface area contributed by atoms with Gasteiger partial charge in [-0.2, -0.15) is 0 Å². The van der Waals surface area contributed by atoms with Gasteiger partial charge in [0, 0.05) is 44.4 Å². The number of nitrogens with zero attached hydrogens (tertiary/aromatic N) is 3. The highest BCUT2D eigenvalue weighted by atomic mass is 15.1. The first-order valence-corrected chi connectivity index (χ1v) is 6.55. The van der Waals surface area contributed by atoms with Gasteiger partial charge in [-0.25, -0.2) is 0 Å². The fraction of sp³-hybridized carbons (Fsp3) is 0.333. The molecule has 0 aliphatic rings. The van der Waals surface area contributed by atoms with Gasteiger partial charge >= 0.3 is 0 Å². The predicted octanol–water partition coefficient (Wildman–Crippen LogP) is 2.54. The van der Waals surface area contributed by atoms with Crippen LogP contribution in [-0.2, 0) is 13.1 Å². The SMILES string of the molecule is CCN(Cc1ccncc1)Cc1cc(NC)ccn1. The molecule has 19 heavy (non-hydrogen) atoms. The van der Waals surface area contributed by atoms with Crippen molar-refractivity contribution < 1.29 is 0 Å². The molecular weight excluding hydrogens is 236 g/mol. The smallest absolute Gasteiger partial charge is 0.0564 e. The lowest BCUT2D eigenvalue weighted by atomic mass is 10.2. The molecule has 0 saturated heterocycles. The van der Waals surface area contributed by atoms with E-state index >= 15 is 0 Å². The summed E-state index contributed by atoms with van der Waals surface area (Å²) < 4.78 is 0. The minimum atomic E-state index is 0.855. The van der Waals surface area contributed by atoms with Gasteiger partial charge in [-0.05, 0) is 36.4 Å². The van der Waals surface area contributed by atoms with Crippen LogP contribution in [0.2, 0.25) is 0 Å². The van der Waals surface area contributed by atoms with Gasteiger partial charge in [-0.3, -0.25) is 14.9 Å². The summed E-state index contributed by atoms with van der Waals surface area (Å²) >= 11 is 0. The predicted molar refractivity (Wildman–Crippen MR) is 77.8 cm³/mol. The molecule has 4 heteroatoms. The molecule has 0 aromatic carbocycles. The van der Waals surface area contributed by atoms with Crippen LogP contribution in [0.15, 0.2) is 42.9 Å². The first-order chi connectivity index (χ1) is 9.31. The van der Waals surface area contributed by atoms with Gasteiger partial charge in [0.05, 0.1) is 5.69 Å². The summed E-state index contributed by atoms with van der Waals surface area (Å²) in [5.74, 6) is 0. The molecule has 0 saturated carbocycles. The van der Waals surface area contributed by atoms with Crippen LogP contribution in [0.5, 0.6) is 0 Å². The third-order valence-corrected chi connectivity index (χ3v) is 3.09. The van der Waals surface area contributed by atoms with E-state index < -0.39 is 0 Å². The summed E-state index contributed by atoms with van der Waals surface area (Å²) in [5.41, 5.74) is 3.47. The zero-order chi connectivity index (χ0) is 13.5. The van der Waals surface area contributed by atoms with E-state index in [0.717, 1.165) is 31.0 Å². The highest BCUT2D eigenvalue weighted by Gasteiger charge is 2.06. The molecule has 0 amide bonds. The quantitative estimate of drug-likeness (QED) is 0.862. The van der Waals surface area contributed by atoms with Crippen molar-refractivity contribution in [2.75, 3.05) is 18.9 Å². The topological polar surface area (TPSA) is 41.1 Å². The van der Waals surface area contributed by atoms with Crippen LogP contribution >= 0.6 is 0 Å². The van der Waals surface area contributed by atoms with E-state index in [1.54, 1.807) is 0 Å². The van der Waals surface area contributed by atoms with Crippen molar-refractivity contribution in [3.05, 3.63) is 54.1 Å². The fourth-order valence-electron chi connectivity index (χ4n) is 1.98. The van der Waals surface area contributed by atoms with Crippen LogP contribution in [0.4, 0.5) is 5.69 Å². The van der Waals surface area contributed by atoms with Crippen molar-refractivity contribution in [3.8, 4) is 0 Å². The second kappa shape index (κ2) is 6.85. The zero-order valence-corrected chi connectivity index (χ0v) is 11.5. The van der Waals surface area contributed by atoms with E-state index in [0.29, 0.717) is 0 Å². The summed E-state index contributed by atoms with van der Waals surface area (Å²) in [6.45, 7) is 4.94. The number of hydrogen-bond acceptors (Lipinski definition) is 4. The monoisotopic (exact) mass is 256 g/mol. The summed E-state index contributed by atoms with van der Waals surface area (Å²) in [7, 11) is 1.92. The highest BCUT2D eigenvalue weighted by molar-refractivity contribution is 5.42. The number of pyridine rings is 2. The normalized spacial score (nSPS) is 10.7. The van der Waals surface area contributed by atoms with Gasteiger partial charge in [0.1, 0.15) is 0 Å². The molecule has 100 valence electrons. The van der Waals surface area contributed by atoms with E-state index in [1.165, 1.54) is 5.56 Å². The molecule has 2 aromatic rings. The zero-order valence-electron chi connectivity index (χ0n) is 11.5. The van der Waals surface area contributed by atoms with Crippen molar-refractivity contribution >= 4 is 5.69 Å². The maximum atomic E-state index is 4.42. The summed E-state index contributed by atoms with van der Waals surface area (Å²) in [5, 5.41) is 3.14. The Morgan fingerprint density at radius 1 is 1.11 bits per heavy atom. The molecule has 0 aliphatic heterocycles. The number of hydrogen-bond donors (Lipinski definition) is 1. The summed E-state index contributed by atoms with van der Waals surface area (Å²) in [6, 6.07) is 8.18. The van der Waals surface area contributed by atoms with E-state index in [9.17, 15) is 0 Å². The summed E-state index contributed by atoms with van der Waals surface area (Å²) in [4.78, 5) is 10.8. The number of rotatable bonds is 6. The van der Waals surface area contributed by atoms with Gasteiger partial charge in [-0.15, -0.1) is 0 Å². The van der Waals surface area contributed by atoms with E-state index in [2.05, 4.69) is 45.3 Å². The molecule has 0 unspecified atom stereocenters. The minimum absolute atomic E-state index is 0.855. The Labute approximate surface area is 114 Å². The van der Waals surface area contributed by atoms with Crippen molar-refractivity contribution in [1.82, 2.24) is 14.9 Å². The molecule has 4 nitrogen and oxygen atoms in total. The molecule has 2 aromatic heterocycles. The molecule has 0 radical (unpaired) electrons. The Morgan fingerprint density at radius 3 is 2.58 bits per heavy atom. The Bertz CT molecular complexity index is 499. The number of anilines is 1. The third kappa shape index (κ3) is 4.03. The van der Waals surface area contributed by atoms with Gasteiger partial charge < -0.3 is 5.32 Å². The first-order valence-electron chi connectivity index (χ1n) is 6.55. The van der Waals surface area contributed by atoms with Gasteiger partial charge in [-0.1, -0.05) is 6.92 Å². The summed E-state index contributed by atoms with van der Waals surface area (Å²) in [6.07, 6.45) is 5.52. The van der Waals surface area contributed by atoms with E-state index in [1.807, 2.05) is 31.7 Å². The minimum Gasteiger partial charge on any atom is -0.388 e. The van der Waals surface area contributed by atoms with Crippen molar-refractivity contribution in [2.45, 2.75) is 20.0 Å². The van der Waals surface area contributed by atoms with Crippen LogP contribution in [0.3, 0.4) is 0 Å². The molecule has 0 bridgehead atoms. The Morgan fingerprint density at radius 2 is 1.89 bits per heavy atom. The molecular formula is C15H20N4. The average Bonchev–Trinajstić information content (AvgIpc) is 2.48. The van der Waals surface area contributed by atoms with Gasteiger partial charge in [0.15, 0.2) is 0 Å². The molecule has 0 fully saturated rings. The Hall–Kier alpha value is -1.94. The second-order valence-corrected chi connectivity index (χ2v) is 4.44. The Kier molecular flexibility index (Phi) is 4.86. The van der Waals surface area contributed by atoms with Crippen molar-refractivity contribution in [2.24, 2.45) is 0 Å². The molecule has 2 heterocycles. The van der Waals surface area contributed by atoms with Gasteiger partial charge in [0.25, 0.3) is 0 Å². The highest BCUT2D eigenvalue weighted by Crippen LogP contribution is 2.11. The molecule has 0 spiro atoms. The number of nitrogens with one attached hydrogen (secondary N) is 1. The average molecular weight is 256 g/mol. The lowest BCUT2D eigenvalue weighted by Crippen LogP contribution is -2.22. The van der Waals surface area contributed by atoms with Gasteiger partial charge in [0.2, 0.25) is 0 Å². The van der Waals surface area contributed by atoms with E-state index in [4.69, 9.17) is 0 Å². The van der Waals surface area contributed by atoms with E-state index in [-0.39, 0.29) is 0 Å². The third-order valence-electron chi connectivity index (χ3n) is 3.09. The molecule has 1 N–H and O–H groups in total. The second-order valence-electron chi connectivity index (χ2n) is 4.44. The maximum Gasteiger partial charge on any atom is 0.0564 e. The lowest BCUT2D eigenvalue weighted by Gasteiger charge is -2.20. The first kappa shape index (κ1) is 13.5. The van der Waals surface area contributed by atoms with Crippen LogP contribution in [0.25, 0.3) is 0 Å². The van der Waals surface area contributed by atoms with Crippen LogP contribution in [0, 0.1) is 0 Å². The van der Waals surface area contributed by atoms with Crippen LogP contribution < -0.4 is 5.32 Å². The van der Waals surface area contributed by atoms with Crippen LogP contribution in [0.1, 0.15) is 18.2 Å². The maximum absolute atomic E-state index is 4.42. The molecule has 0 aliphatic carbocycles. The molecule has 2 rings (SSSR count).